The van der Waals surface area contributed by atoms with E-state index >= 15 is 0 Å². The van der Waals surface area contributed by atoms with Crippen LogP contribution in [0.15, 0.2) is 51.7 Å². The van der Waals surface area contributed by atoms with Crippen molar-refractivity contribution in [2.24, 2.45) is 0 Å². The van der Waals surface area contributed by atoms with Crippen LogP contribution < -0.4 is 15.1 Å². The number of ether oxygens (including phenoxy) is 2. The molecule has 2 aromatic carbocycles. The predicted molar refractivity (Wildman–Crippen MR) is 90.3 cm³/mol. The van der Waals surface area contributed by atoms with Crippen LogP contribution in [0.4, 0.5) is 0 Å². The first kappa shape index (κ1) is 15.6. The Morgan fingerprint density at radius 3 is 2.50 bits per heavy atom. The summed E-state index contributed by atoms with van der Waals surface area (Å²) in [4.78, 5) is 12.4. The Labute approximate surface area is 138 Å². The van der Waals surface area contributed by atoms with E-state index in [0.717, 1.165) is 16.5 Å². The highest BCUT2D eigenvalue weighted by Gasteiger charge is 2.14. The van der Waals surface area contributed by atoms with E-state index < -0.39 is 5.63 Å². The van der Waals surface area contributed by atoms with E-state index in [1.54, 1.807) is 37.4 Å². The van der Waals surface area contributed by atoms with E-state index in [0.29, 0.717) is 22.6 Å². The molecule has 5 heteroatoms. The van der Waals surface area contributed by atoms with E-state index in [2.05, 4.69) is 0 Å². The molecule has 0 unspecified atom stereocenters. The van der Waals surface area contributed by atoms with Crippen LogP contribution in [0.25, 0.3) is 22.1 Å². The van der Waals surface area contributed by atoms with Crippen molar-refractivity contribution in [3.8, 4) is 28.7 Å². The zero-order valence-corrected chi connectivity index (χ0v) is 13.3. The molecule has 120 valence electrons. The highest BCUT2D eigenvalue weighted by molar-refractivity contribution is 5.87. The van der Waals surface area contributed by atoms with Gasteiger partial charge in [-0.05, 0) is 48.4 Å². The fourth-order valence-electron chi connectivity index (χ4n) is 2.63. The van der Waals surface area contributed by atoms with Gasteiger partial charge in [-0.25, -0.2) is 4.79 Å². The Balaban J connectivity index is 2.16. The molecule has 24 heavy (non-hydrogen) atoms. The van der Waals surface area contributed by atoms with Gasteiger partial charge >= 0.3 is 5.63 Å². The third kappa shape index (κ3) is 2.82. The van der Waals surface area contributed by atoms with Crippen molar-refractivity contribution in [1.82, 2.24) is 0 Å². The third-order valence-corrected chi connectivity index (χ3v) is 3.82. The van der Waals surface area contributed by atoms with Gasteiger partial charge in [0.05, 0.1) is 12.7 Å². The Morgan fingerprint density at radius 2 is 1.83 bits per heavy atom. The van der Waals surface area contributed by atoms with Crippen molar-refractivity contribution in [3.63, 3.8) is 0 Å². The summed E-state index contributed by atoms with van der Waals surface area (Å²) < 4.78 is 15.9. The van der Waals surface area contributed by atoms with Crippen LogP contribution in [0.2, 0.25) is 0 Å². The van der Waals surface area contributed by atoms with Crippen LogP contribution in [0, 0.1) is 18.3 Å². The molecule has 0 radical (unpaired) electrons. The number of rotatable bonds is 4. The molecule has 0 N–H and O–H groups in total. The molecule has 0 amide bonds. The van der Waals surface area contributed by atoms with E-state index in [1.165, 1.54) is 0 Å². The number of hydrogen-bond donors (Lipinski definition) is 0. The smallest absolute Gasteiger partial charge is 0.344 e. The molecule has 0 atom stereocenters. The van der Waals surface area contributed by atoms with Gasteiger partial charge in [-0.15, -0.1) is 0 Å². The van der Waals surface area contributed by atoms with Crippen molar-refractivity contribution in [1.29, 1.82) is 5.26 Å². The van der Waals surface area contributed by atoms with Gasteiger partial charge < -0.3 is 13.9 Å². The first-order chi connectivity index (χ1) is 11.6. The number of aryl methyl sites for hydroxylation is 1. The second-order valence-electron chi connectivity index (χ2n) is 5.22. The molecule has 0 aliphatic carbocycles. The summed E-state index contributed by atoms with van der Waals surface area (Å²) in [5, 5.41) is 9.40. The van der Waals surface area contributed by atoms with E-state index in [-0.39, 0.29) is 6.61 Å². The SMILES string of the molecule is COc1ccc(-c2c(C)c3cc(OCC#N)ccc3oc2=O)cc1. The molecule has 3 aromatic rings. The topological polar surface area (TPSA) is 72.5 Å². The lowest BCUT2D eigenvalue weighted by Gasteiger charge is -2.10. The summed E-state index contributed by atoms with van der Waals surface area (Å²) in [5.41, 5.74) is 2.15. The molecule has 0 aliphatic rings. The van der Waals surface area contributed by atoms with Crippen molar-refractivity contribution in [2.45, 2.75) is 6.92 Å². The van der Waals surface area contributed by atoms with Gasteiger partial charge in [0.2, 0.25) is 0 Å². The normalized spacial score (nSPS) is 10.4. The molecule has 0 fully saturated rings. The fraction of sp³-hybridized carbons (Fsp3) is 0.158. The van der Waals surface area contributed by atoms with Crippen LogP contribution in [0.5, 0.6) is 11.5 Å². The number of methoxy groups -OCH3 is 1. The standard InChI is InChI=1S/C19H15NO4/c1-12-16-11-15(23-10-9-20)7-8-17(16)24-19(21)18(12)13-3-5-14(22-2)6-4-13/h3-8,11H,10H2,1-2H3. The Hall–Kier alpha value is -3.26. The van der Waals surface area contributed by atoms with Crippen LogP contribution in [0.3, 0.4) is 0 Å². The predicted octanol–water partition coefficient (Wildman–Crippen LogP) is 3.68. The maximum Gasteiger partial charge on any atom is 0.344 e. The molecular weight excluding hydrogens is 306 g/mol. The first-order valence-electron chi connectivity index (χ1n) is 7.35. The summed E-state index contributed by atoms with van der Waals surface area (Å²) in [6.07, 6.45) is 0. The molecule has 3 rings (SSSR count). The minimum absolute atomic E-state index is 0.0350. The van der Waals surface area contributed by atoms with E-state index in [4.69, 9.17) is 19.2 Å². The second-order valence-corrected chi connectivity index (χ2v) is 5.22. The molecule has 0 bridgehead atoms. The Kier molecular flexibility index (Phi) is 4.21. The summed E-state index contributed by atoms with van der Waals surface area (Å²) in [5.74, 6) is 1.27. The first-order valence-corrected chi connectivity index (χ1v) is 7.35. The monoisotopic (exact) mass is 321 g/mol. The lowest BCUT2D eigenvalue weighted by molar-refractivity contribution is 0.368. The molecule has 0 spiro atoms. The van der Waals surface area contributed by atoms with Crippen molar-refractivity contribution >= 4 is 11.0 Å². The lowest BCUT2D eigenvalue weighted by Crippen LogP contribution is -2.06. The molecule has 5 nitrogen and oxygen atoms in total. The fourth-order valence-corrected chi connectivity index (χ4v) is 2.63. The molecule has 0 aliphatic heterocycles. The van der Waals surface area contributed by atoms with Crippen molar-refractivity contribution in [2.75, 3.05) is 13.7 Å². The van der Waals surface area contributed by atoms with Gasteiger partial charge in [-0.2, -0.15) is 5.26 Å². The maximum absolute atomic E-state index is 12.4. The zero-order valence-electron chi connectivity index (χ0n) is 13.3. The van der Waals surface area contributed by atoms with Gasteiger partial charge in [0.1, 0.15) is 23.2 Å². The van der Waals surface area contributed by atoms with E-state index in [9.17, 15) is 4.79 Å². The van der Waals surface area contributed by atoms with Gasteiger partial charge in [0.25, 0.3) is 0 Å². The van der Waals surface area contributed by atoms with Gasteiger partial charge in [-0.3, -0.25) is 0 Å². The van der Waals surface area contributed by atoms with Crippen molar-refractivity contribution in [3.05, 3.63) is 58.4 Å². The minimum Gasteiger partial charge on any atom is -0.497 e. The van der Waals surface area contributed by atoms with Gasteiger partial charge in [-0.1, -0.05) is 12.1 Å². The molecule has 0 saturated carbocycles. The average Bonchev–Trinajstić information content (AvgIpc) is 2.61. The quantitative estimate of drug-likeness (QED) is 0.685. The average molecular weight is 321 g/mol. The van der Waals surface area contributed by atoms with Crippen LogP contribution in [0.1, 0.15) is 5.56 Å². The summed E-state index contributed by atoms with van der Waals surface area (Å²) in [6.45, 7) is 1.83. The van der Waals surface area contributed by atoms with Crippen LogP contribution >= 0.6 is 0 Å². The zero-order chi connectivity index (χ0) is 17.1. The Morgan fingerprint density at radius 1 is 1.12 bits per heavy atom. The number of nitriles is 1. The number of hydrogen-bond acceptors (Lipinski definition) is 5. The lowest BCUT2D eigenvalue weighted by atomic mass is 9.99. The summed E-state index contributed by atoms with van der Waals surface area (Å²) in [7, 11) is 1.59. The van der Waals surface area contributed by atoms with Crippen LogP contribution in [-0.2, 0) is 0 Å². The number of nitrogens with zero attached hydrogens (tertiary/aromatic N) is 1. The number of benzene rings is 2. The highest BCUT2D eigenvalue weighted by Crippen LogP contribution is 2.30. The van der Waals surface area contributed by atoms with Gasteiger partial charge in [0, 0.05) is 5.39 Å². The second kappa shape index (κ2) is 6.47. The van der Waals surface area contributed by atoms with E-state index in [1.807, 2.05) is 25.1 Å². The van der Waals surface area contributed by atoms with Gasteiger partial charge in [0.15, 0.2) is 6.61 Å². The van der Waals surface area contributed by atoms with Crippen LogP contribution in [-0.4, -0.2) is 13.7 Å². The maximum atomic E-state index is 12.4. The third-order valence-electron chi connectivity index (χ3n) is 3.82. The number of fused-ring (bicyclic) bond motifs is 1. The minimum atomic E-state index is -0.393. The molecule has 1 aromatic heterocycles. The summed E-state index contributed by atoms with van der Waals surface area (Å²) >= 11 is 0. The van der Waals surface area contributed by atoms with Crippen molar-refractivity contribution < 1.29 is 13.9 Å². The Bertz CT molecular complexity index is 981. The largest absolute Gasteiger partial charge is 0.497 e. The molecular formula is C19H15NO4. The molecule has 1 heterocycles. The highest BCUT2D eigenvalue weighted by atomic mass is 16.5. The summed E-state index contributed by atoms with van der Waals surface area (Å²) in [6, 6.07) is 14.3. The molecule has 0 saturated heterocycles.